The predicted octanol–water partition coefficient (Wildman–Crippen LogP) is 2.01. The molecule has 2 N–H and O–H groups in total. The van der Waals surface area contributed by atoms with Crippen molar-refractivity contribution in [3.05, 3.63) is 29.6 Å². The van der Waals surface area contributed by atoms with E-state index in [0.717, 1.165) is 32.0 Å². The van der Waals surface area contributed by atoms with Crippen molar-refractivity contribution in [1.82, 2.24) is 4.90 Å². The van der Waals surface area contributed by atoms with E-state index in [9.17, 15) is 5.11 Å². The Kier molecular flexibility index (Phi) is 4.52. The van der Waals surface area contributed by atoms with Crippen molar-refractivity contribution < 1.29 is 9.84 Å². The van der Waals surface area contributed by atoms with Crippen LogP contribution in [0.5, 0.6) is 0 Å². The fourth-order valence-corrected chi connectivity index (χ4v) is 3.23. The number of thiophene rings is 1. The predicted molar refractivity (Wildman–Crippen MR) is 83.6 cm³/mol. The average Bonchev–Trinajstić information content (AvgIpc) is 2.93. The molecule has 2 aromatic rings. The zero-order valence-corrected chi connectivity index (χ0v) is 12.2. The Morgan fingerprint density at radius 2 is 2.15 bits per heavy atom. The molecule has 3 rings (SSSR count). The van der Waals surface area contributed by atoms with Gasteiger partial charge >= 0.3 is 0 Å². The molecule has 1 aromatic carbocycles. The van der Waals surface area contributed by atoms with Crippen molar-refractivity contribution in [1.29, 1.82) is 0 Å². The van der Waals surface area contributed by atoms with Gasteiger partial charge in [0.25, 0.3) is 0 Å². The highest BCUT2D eigenvalue weighted by atomic mass is 32.1. The first-order valence-electron chi connectivity index (χ1n) is 7.00. The van der Waals surface area contributed by atoms with Crippen LogP contribution in [0.25, 0.3) is 10.1 Å². The zero-order valence-electron chi connectivity index (χ0n) is 11.4. The van der Waals surface area contributed by atoms with E-state index >= 15 is 0 Å². The van der Waals surface area contributed by atoms with Crippen LogP contribution in [-0.2, 0) is 4.74 Å². The molecule has 4 nitrogen and oxygen atoms in total. The third-order valence-corrected chi connectivity index (χ3v) is 4.46. The maximum Gasteiger partial charge on any atom is 0.0839 e. The summed E-state index contributed by atoms with van der Waals surface area (Å²) < 4.78 is 6.60. The smallest absolute Gasteiger partial charge is 0.0839 e. The molecule has 0 radical (unpaired) electrons. The normalized spacial score (nSPS) is 18.2. The van der Waals surface area contributed by atoms with E-state index < -0.39 is 0 Å². The molecule has 1 atom stereocenters. The molecule has 1 aliphatic heterocycles. The van der Waals surface area contributed by atoms with E-state index in [2.05, 4.69) is 39.9 Å². The van der Waals surface area contributed by atoms with E-state index in [1.54, 1.807) is 11.3 Å². The van der Waals surface area contributed by atoms with Gasteiger partial charge in [0.15, 0.2) is 0 Å². The Morgan fingerprint density at radius 3 is 3.00 bits per heavy atom. The summed E-state index contributed by atoms with van der Waals surface area (Å²) in [6.45, 7) is 4.66. The molecule has 1 aliphatic rings. The average molecular weight is 292 g/mol. The van der Waals surface area contributed by atoms with E-state index in [0.29, 0.717) is 13.1 Å². The largest absolute Gasteiger partial charge is 0.390 e. The van der Waals surface area contributed by atoms with E-state index in [1.165, 1.54) is 10.1 Å². The van der Waals surface area contributed by atoms with Gasteiger partial charge in [-0.1, -0.05) is 0 Å². The van der Waals surface area contributed by atoms with Crippen molar-refractivity contribution >= 4 is 27.1 Å². The maximum absolute atomic E-state index is 10.1. The first-order valence-corrected chi connectivity index (χ1v) is 7.88. The second-order valence-electron chi connectivity index (χ2n) is 5.12. The Labute approximate surface area is 123 Å². The third-order valence-electron chi connectivity index (χ3n) is 3.57. The molecule has 20 heavy (non-hydrogen) atoms. The number of morpholine rings is 1. The van der Waals surface area contributed by atoms with Crippen molar-refractivity contribution in [2.45, 2.75) is 6.10 Å². The highest BCUT2D eigenvalue weighted by Gasteiger charge is 2.14. The molecule has 108 valence electrons. The van der Waals surface area contributed by atoms with Crippen LogP contribution in [0.15, 0.2) is 29.6 Å². The number of fused-ring (bicyclic) bond motifs is 1. The van der Waals surface area contributed by atoms with Crippen LogP contribution in [0.1, 0.15) is 0 Å². The number of aliphatic hydroxyl groups excluding tert-OH is 1. The lowest BCUT2D eigenvalue weighted by Crippen LogP contribution is -2.42. The maximum atomic E-state index is 10.1. The fraction of sp³-hybridized carbons (Fsp3) is 0.467. The van der Waals surface area contributed by atoms with E-state index in [4.69, 9.17) is 4.74 Å². The zero-order chi connectivity index (χ0) is 13.8. The Morgan fingerprint density at radius 1 is 1.30 bits per heavy atom. The number of nitrogens with one attached hydrogen (secondary N) is 1. The number of ether oxygens (including phenoxy) is 1. The van der Waals surface area contributed by atoms with Gasteiger partial charge in [0.1, 0.15) is 0 Å². The van der Waals surface area contributed by atoms with Crippen LogP contribution in [0.2, 0.25) is 0 Å². The van der Waals surface area contributed by atoms with Gasteiger partial charge in [-0.15, -0.1) is 11.3 Å². The highest BCUT2D eigenvalue weighted by Crippen LogP contribution is 2.23. The lowest BCUT2D eigenvalue weighted by molar-refractivity contribution is 0.0171. The highest BCUT2D eigenvalue weighted by molar-refractivity contribution is 7.17. The number of nitrogens with zero attached hydrogens (tertiary/aromatic N) is 1. The molecule has 0 aliphatic carbocycles. The number of β-amino-alcohol motifs (C(OH)–C–C–N with tert-alkyl or cyclic N) is 1. The number of hydrogen-bond acceptors (Lipinski definition) is 5. The standard InChI is InChI=1S/C15H20N2O2S/c18-14(11-17-4-6-19-7-5-17)10-16-13-1-2-15-12(9-13)3-8-20-15/h1-3,8-9,14,16,18H,4-7,10-11H2. The van der Waals surface area contributed by atoms with Gasteiger partial charge < -0.3 is 15.2 Å². The minimum atomic E-state index is -0.355. The van der Waals surface area contributed by atoms with Crippen LogP contribution in [-0.4, -0.2) is 55.5 Å². The first-order chi connectivity index (χ1) is 9.81. The van der Waals surface area contributed by atoms with Crippen LogP contribution in [0.3, 0.4) is 0 Å². The van der Waals surface area contributed by atoms with Crippen LogP contribution in [0, 0.1) is 0 Å². The summed E-state index contributed by atoms with van der Waals surface area (Å²) in [5.41, 5.74) is 1.07. The molecule has 1 unspecified atom stereocenters. The van der Waals surface area contributed by atoms with Crippen molar-refractivity contribution in [2.24, 2.45) is 0 Å². The molecule has 1 fully saturated rings. The number of benzene rings is 1. The number of hydrogen-bond donors (Lipinski definition) is 2. The summed E-state index contributed by atoms with van der Waals surface area (Å²) >= 11 is 1.75. The SMILES string of the molecule is OC(CNc1ccc2sccc2c1)CN1CCOCC1. The van der Waals surface area contributed by atoms with Gasteiger partial charge in [0.05, 0.1) is 19.3 Å². The lowest BCUT2D eigenvalue weighted by atomic mass is 10.2. The molecule has 1 saturated heterocycles. The van der Waals surface area contributed by atoms with Crippen LogP contribution < -0.4 is 5.32 Å². The second kappa shape index (κ2) is 6.54. The minimum absolute atomic E-state index is 0.355. The monoisotopic (exact) mass is 292 g/mol. The fourth-order valence-electron chi connectivity index (χ4n) is 2.46. The molecule has 0 saturated carbocycles. The van der Waals surface area contributed by atoms with Crippen molar-refractivity contribution in [3.8, 4) is 0 Å². The quantitative estimate of drug-likeness (QED) is 0.885. The van der Waals surface area contributed by atoms with Gasteiger partial charge in [0, 0.05) is 36.6 Å². The Balaban J connectivity index is 1.50. The molecular formula is C15H20N2O2S. The van der Waals surface area contributed by atoms with Gasteiger partial charge in [-0.05, 0) is 35.0 Å². The number of aliphatic hydroxyl groups is 1. The molecule has 1 aromatic heterocycles. The van der Waals surface area contributed by atoms with E-state index in [-0.39, 0.29) is 6.10 Å². The van der Waals surface area contributed by atoms with Crippen LogP contribution >= 0.6 is 11.3 Å². The summed E-state index contributed by atoms with van der Waals surface area (Å²) in [5.74, 6) is 0. The van der Waals surface area contributed by atoms with Gasteiger partial charge in [-0.2, -0.15) is 0 Å². The van der Waals surface area contributed by atoms with Gasteiger partial charge in [-0.3, -0.25) is 4.90 Å². The minimum Gasteiger partial charge on any atom is -0.390 e. The second-order valence-corrected chi connectivity index (χ2v) is 6.07. The van der Waals surface area contributed by atoms with E-state index in [1.807, 2.05) is 0 Å². The summed E-state index contributed by atoms with van der Waals surface area (Å²) in [4.78, 5) is 2.25. The summed E-state index contributed by atoms with van der Waals surface area (Å²) in [6.07, 6.45) is -0.355. The molecule has 5 heteroatoms. The molecular weight excluding hydrogens is 272 g/mol. The molecule has 2 heterocycles. The third kappa shape index (κ3) is 3.49. The Bertz CT molecular complexity index is 552. The number of anilines is 1. The van der Waals surface area contributed by atoms with Crippen molar-refractivity contribution in [3.63, 3.8) is 0 Å². The molecule has 0 amide bonds. The van der Waals surface area contributed by atoms with Crippen molar-refractivity contribution in [2.75, 3.05) is 44.7 Å². The van der Waals surface area contributed by atoms with Gasteiger partial charge in [-0.25, -0.2) is 0 Å². The number of rotatable bonds is 5. The lowest BCUT2D eigenvalue weighted by Gasteiger charge is -2.28. The summed E-state index contributed by atoms with van der Waals surface area (Å²) in [7, 11) is 0. The first kappa shape index (κ1) is 13.8. The molecule has 0 bridgehead atoms. The topological polar surface area (TPSA) is 44.7 Å². The summed E-state index contributed by atoms with van der Waals surface area (Å²) in [5, 5.41) is 16.8. The van der Waals surface area contributed by atoms with Gasteiger partial charge in [0.2, 0.25) is 0 Å². The molecule has 0 spiro atoms. The Hall–Kier alpha value is -1.14. The summed E-state index contributed by atoms with van der Waals surface area (Å²) in [6, 6.07) is 8.44. The van der Waals surface area contributed by atoms with Crippen LogP contribution in [0.4, 0.5) is 5.69 Å².